The Morgan fingerprint density at radius 2 is 2.18 bits per heavy atom. The van der Waals surface area contributed by atoms with E-state index in [1.54, 1.807) is 6.07 Å². The lowest BCUT2D eigenvalue weighted by molar-refractivity contribution is -0.154. The molecule has 0 saturated carbocycles. The molecule has 28 heavy (non-hydrogen) atoms. The molecule has 1 aromatic heterocycles. The van der Waals surface area contributed by atoms with E-state index in [4.69, 9.17) is 9.15 Å². The molecular formula is C18H18N2O7S. The molecule has 1 fully saturated rings. The third-order valence-electron chi connectivity index (χ3n) is 4.13. The van der Waals surface area contributed by atoms with Crippen molar-refractivity contribution < 1.29 is 33.4 Å². The lowest BCUT2D eigenvalue weighted by Gasteiger charge is -2.16. The van der Waals surface area contributed by atoms with E-state index in [1.165, 1.54) is 25.3 Å². The molecule has 2 N–H and O–H groups in total. The summed E-state index contributed by atoms with van der Waals surface area (Å²) in [6.07, 6.45) is 0.274. The number of phenols is 1. The van der Waals surface area contributed by atoms with Gasteiger partial charge in [-0.25, -0.2) is 0 Å². The minimum Gasteiger partial charge on any atom is -0.508 e. The van der Waals surface area contributed by atoms with Crippen molar-refractivity contribution in [2.45, 2.75) is 19.4 Å². The van der Waals surface area contributed by atoms with Crippen molar-refractivity contribution in [1.82, 2.24) is 10.2 Å². The van der Waals surface area contributed by atoms with Gasteiger partial charge in [0.05, 0.1) is 18.4 Å². The first-order valence-corrected chi connectivity index (χ1v) is 9.47. The number of carbonyl (C=O) groups excluding carboxylic acids is 4. The van der Waals surface area contributed by atoms with Crippen LogP contribution in [0.5, 0.6) is 5.75 Å². The van der Waals surface area contributed by atoms with Crippen LogP contribution in [0.2, 0.25) is 0 Å². The molecule has 0 radical (unpaired) electrons. The SMILES string of the molecule is C[C@@H](OC(=O)Cc1coc2cc(O)ccc12)C(=O)NCCN1C(=O)CSC1=O. The lowest BCUT2D eigenvalue weighted by atomic mass is 10.1. The average molecular weight is 406 g/mol. The monoisotopic (exact) mass is 406 g/mol. The van der Waals surface area contributed by atoms with Gasteiger partial charge in [0, 0.05) is 30.1 Å². The molecule has 1 aromatic carbocycles. The molecule has 3 amide bonds. The second-order valence-corrected chi connectivity index (χ2v) is 7.07. The molecule has 1 aliphatic heterocycles. The standard InChI is InChI=1S/C18H18N2O7S/c1-10(17(24)19-4-5-20-15(22)9-28-18(20)25)27-16(23)6-11-8-26-14-7-12(21)2-3-13(11)14/h2-3,7-8,10,21H,4-6,9H2,1H3,(H,19,24)/t10-/m1/s1. The molecule has 2 heterocycles. The Morgan fingerprint density at radius 1 is 1.39 bits per heavy atom. The molecular weight excluding hydrogens is 388 g/mol. The Bertz CT molecular complexity index is 923. The summed E-state index contributed by atoms with van der Waals surface area (Å²) < 4.78 is 10.4. The molecule has 9 nitrogen and oxygen atoms in total. The molecule has 10 heteroatoms. The molecule has 3 rings (SSSR count). The van der Waals surface area contributed by atoms with Gasteiger partial charge in [0.25, 0.3) is 11.1 Å². The van der Waals surface area contributed by atoms with Crippen molar-refractivity contribution in [2.24, 2.45) is 0 Å². The molecule has 2 aromatic rings. The number of rotatable bonds is 7. The van der Waals surface area contributed by atoms with Crippen LogP contribution in [-0.4, -0.2) is 58.0 Å². The zero-order chi connectivity index (χ0) is 20.3. The van der Waals surface area contributed by atoms with E-state index in [2.05, 4.69) is 5.32 Å². The van der Waals surface area contributed by atoms with Gasteiger partial charge in [0.1, 0.15) is 11.3 Å². The smallest absolute Gasteiger partial charge is 0.311 e. The number of thioether (sulfide) groups is 1. The highest BCUT2D eigenvalue weighted by molar-refractivity contribution is 8.14. The van der Waals surface area contributed by atoms with E-state index in [0.717, 1.165) is 16.7 Å². The first-order valence-electron chi connectivity index (χ1n) is 8.48. The molecule has 0 aliphatic carbocycles. The third kappa shape index (κ3) is 4.45. The number of benzene rings is 1. The summed E-state index contributed by atoms with van der Waals surface area (Å²) >= 11 is 0.924. The highest BCUT2D eigenvalue weighted by atomic mass is 32.2. The fourth-order valence-corrected chi connectivity index (χ4v) is 3.44. The maximum absolute atomic E-state index is 12.1. The van der Waals surface area contributed by atoms with Gasteiger partial charge in [-0.15, -0.1) is 0 Å². The van der Waals surface area contributed by atoms with E-state index in [1.807, 2.05) is 0 Å². The van der Waals surface area contributed by atoms with Gasteiger partial charge in [0.15, 0.2) is 6.10 Å². The predicted octanol–water partition coefficient (Wildman–Crippen LogP) is 1.42. The summed E-state index contributed by atoms with van der Waals surface area (Å²) in [4.78, 5) is 48.2. The predicted molar refractivity (Wildman–Crippen MR) is 99.7 cm³/mol. The molecule has 0 spiro atoms. The topological polar surface area (TPSA) is 126 Å². The lowest BCUT2D eigenvalue weighted by Crippen LogP contribution is -2.41. The number of nitrogens with zero attached hydrogens (tertiary/aromatic N) is 1. The Hall–Kier alpha value is -3.01. The van der Waals surface area contributed by atoms with Gasteiger partial charge in [-0.1, -0.05) is 11.8 Å². The number of ether oxygens (including phenoxy) is 1. The van der Waals surface area contributed by atoms with Gasteiger partial charge in [-0.2, -0.15) is 0 Å². The number of aromatic hydroxyl groups is 1. The van der Waals surface area contributed by atoms with E-state index >= 15 is 0 Å². The number of amides is 3. The quantitative estimate of drug-likeness (QED) is 0.661. The number of esters is 1. The molecule has 148 valence electrons. The normalized spacial score (nSPS) is 15.1. The van der Waals surface area contributed by atoms with E-state index in [0.29, 0.717) is 16.5 Å². The van der Waals surface area contributed by atoms with Crippen molar-refractivity contribution in [2.75, 3.05) is 18.8 Å². The fraction of sp³-hybridized carbons (Fsp3) is 0.333. The second kappa shape index (κ2) is 8.34. The van der Waals surface area contributed by atoms with Gasteiger partial charge >= 0.3 is 5.97 Å². The Morgan fingerprint density at radius 3 is 2.89 bits per heavy atom. The van der Waals surface area contributed by atoms with Gasteiger partial charge in [-0.3, -0.25) is 24.1 Å². The van der Waals surface area contributed by atoms with Crippen molar-refractivity contribution >= 4 is 45.8 Å². The number of phenolic OH excluding ortho intramolecular Hbond substituents is 1. The first kappa shape index (κ1) is 19.7. The van der Waals surface area contributed by atoms with Gasteiger partial charge in [0.2, 0.25) is 5.91 Å². The van der Waals surface area contributed by atoms with Crippen LogP contribution < -0.4 is 5.32 Å². The molecule has 1 aliphatic rings. The third-order valence-corrected chi connectivity index (χ3v) is 4.99. The van der Waals surface area contributed by atoms with Crippen LogP contribution in [0.4, 0.5) is 4.79 Å². The number of fused-ring (bicyclic) bond motifs is 1. The number of hydrogen-bond donors (Lipinski definition) is 2. The summed E-state index contributed by atoms with van der Waals surface area (Å²) in [5, 5.41) is 12.3. The van der Waals surface area contributed by atoms with Crippen LogP contribution in [0, 0.1) is 0 Å². The summed E-state index contributed by atoms with van der Waals surface area (Å²) in [7, 11) is 0. The first-order chi connectivity index (χ1) is 13.3. The highest BCUT2D eigenvalue weighted by Crippen LogP contribution is 2.25. The average Bonchev–Trinajstić information content (AvgIpc) is 3.18. The molecule has 1 saturated heterocycles. The minimum atomic E-state index is -1.03. The summed E-state index contributed by atoms with van der Waals surface area (Å²) in [6.45, 7) is 1.58. The van der Waals surface area contributed by atoms with Gasteiger partial charge < -0.3 is 19.6 Å². The fourth-order valence-electron chi connectivity index (χ4n) is 2.69. The number of hydrogen-bond acceptors (Lipinski definition) is 8. The highest BCUT2D eigenvalue weighted by Gasteiger charge is 2.29. The van der Waals surface area contributed by atoms with Crippen molar-refractivity contribution in [3.8, 4) is 5.75 Å². The molecule has 0 unspecified atom stereocenters. The summed E-state index contributed by atoms with van der Waals surface area (Å²) in [6, 6.07) is 4.55. The van der Waals surface area contributed by atoms with Crippen molar-refractivity contribution in [3.63, 3.8) is 0 Å². The number of nitrogens with one attached hydrogen (secondary N) is 1. The zero-order valence-corrected chi connectivity index (χ0v) is 15.8. The van der Waals surface area contributed by atoms with E-state index in [9.17, 15) is 24.3 Å². The maximum Gasteiger partial charge on any atom is 0.311 e. The molecule has 0 bridgehead atoms. The summed E-state index contributed by atoms with van der Waals surface area (Å²) in [5.41, 5.74) is 1.02. The van der Waals surface area contributed by atoms with Crippen LogP contribution in [0.15, 0.2) is 28.9 Å². The second-order valence-electron chi connectivity index (χ2n) is 6.14. The maximum atomic E-state index is 12.1. The minimum absolute atomic E-state index is 0.0530. The largest absolute Gasteiger partial charge is 0.508 e. The zero-order valence-electron chi connectivity index (χ0n) is 15.0. The summed E-state index contributed by atoms with van der Waals surface area (Å²) in [5.74, 6) is -1.26. The van der Waals surface area contributed by atoms with Crippen LogP contribution in [0.25, 0.3) is 11.0 Å². The van der Waals surface area contributed by atoms with Crippen molar-refractivity contribution in [1.29, 1.82) is 0 Å². The van der Waals surface area contributed by atoms with E-state index < -0.39 is 18.0 Å². The Kier molecular flexibility index (Phi) is 5.88. The van der Waals surface area contributed by atoms with Crippen LogP contribution >= 0.6 is 11.8 Å². The van der Waals surface area contributed by atoms with Crippen LogP contribution in [-0.2, 0) is 25.5 Å². The number of carbonyl (C=O) groups is 4. The number of furan rings is 1. The number of imide groups is 1. The Labute approximate surface area is 164 Å². The van der Waals surface area contributed by atoms with E-state index in [-0.39, 0.29) is 42.2 Å². The van der Waals surface area contributed by atoms with Crippen LogP contribution in [0.1, 0.15) is 12.5 Å². The van der Waals surface area contributed by atoms with Crippen molar-refractivity contribution in [3.05, 3.63) is 30.0 Å². The molecule has 1 atom stereocenters. The van der Waals surface area contributed by atoms with Gasteiger partial charge in [-0.05, 0) is 19.1 Å². The van der Waals surface area contributed by atoms with Crippen LogP contribution in [0.3, 0.4) is 0 Å². The Balaban J connectivity index is 1.47.